The largest absolute Gasteiger partial charge is 2.00 e. The molecule has 0 saturated carbocycles. The molecule has 0 atom stereocenters. The minimum absolute atomic E-state index is 0. The van der Waals surface area contributed by atoms with Crippen molar-refractivity contribution in [2.75, 3.05) is 0 Å². The van der Waals surface area contributed by atoms with Crippen molar-refractivity contribution < 1.29 is 25.9 Å². The number of hydrogen-bond donors (Lipinski definition) is 0. The molecule has 0 aliphatic carbocycles. The predicted molar refractivity (Wildman–Crippen MR) is 85.4 cm³/mol. The van der Waals surface area contributed by atoms with Crippen molar-refractivity contribution in [3.8, 4) is 0 Å². The summed E-state index contributed by atoms with van der Waals surface area (Å²) < 4.78 is 61.5. The molecule has 2 aromatic carbocycles. The Morgan fingerprint density at radius 2 is 0.870 bits per heavy atom. The quantitative estimate of drug-likeness (QED) is 0.591. The third kappa shape index (κ3) is 12.2. The minimum atomic E-state index is -4.13. The fraction of sp³-hybridized carbons (Fsp3) is 0.143. The van der Waals surface area contributed by atoms with Gasteiger partial charge < -0.3 is 9.11 Å². The van der Waals surface area contributed by atoms with Crippen LogP contribution < -0.4 is 0 Å². The smallest absolute Gasteiger partial charge is 0.748 e. The van der Waals surface area contributed by atoms with Crippen LogP contribution in [0.15, 0.2) is 60.7 Å². The summed E-state index contributed by atoms with van der Waals surface area (Å²) in [6.07, 6.45) is 0. The van der Waals surface area contributed by atoms with E-state index in [0.717, 1.165) is 0 Å². The summed E-state index contributed by atoms with van der Waals surface area (Å²) in [6.45, 7) is 0. The van der Waals surface area contributed by atoms with Gasteiger partial charge in [0.25, 0.3) is 0 Å². The van der Waals surface area contributed by atoms with Crippen LogP contribution in [0.1, 0.15) is 11.1 Å². The Balaban J connectivity index is 0.000000403. The zero-order valence-electron chi connectivity index (χ0n) is 12.2. The van der Waals surface area contributed by atoms with E-state index in [9.17, 15) is 25.9 Å². The van der Waals surface area contributed by atoms with Crippen molar-refractivity contribution in [2.24, 2.45) is 0 Å². The fourth-order valence-electron chi connectivity index (χ4n) is 1.56. The van der Waals surface area contributed by atoms with E-state index in [1.165, 1.54) is 0 Å². The first-order chi connectivity index (χ1) is 10.2. The molecule has 0 heterocycles. The Morgan fingerprint density at radius 1 is 0.609 bits per heavy atom. The Morgan fingerprint density at radius 3 is 1.09 bits per heavy atom. The van der Waals surface area contributed by atoms with Gasteiger partial charge in [0.1, 0.15) is 0 Å². The summed E-state index contributed by atoms with van der Waals surface area (Å²) in [5, 5.41) is 0. The van der Waals surface area contributed by atoms with Gasteiger partial charge in [0.2, 0.25) is 0 Å². The van der Waals surface area contributed by atoms with Crippen molar-refractivity contribution in [3.63, 3.8) is 0 Å². The Hall–Kier alpha value is -0.974. The number of hydrogen-bond acceptors (Lipinski definition) is 6. The van der Waals surface area contributed by atoms with Gasteiger partial charge in [0, 0.05) is 0 Å². The molecule has 2 aromatic rings. The molecule has 0 unspecified atom stereocenters. The average molecular weight is 367 g/mol. The number of rotatable bonds is 4. The molecule has 0 N–H and O–H groups in total. The number of benzene rings is 2. The third-order valence-corrected chi connectivity index (χ3v) is 3.75. The molecule has 0 aromatic heterocycles. The topological polar surface area (TPSA) is 114 Å². The molecule has 9 heteroatoms. The summed E-state index contributed by atoms with van der Waals surface area (Å²) in [7, 11) is -8.25. The maximum Gasteiger partial charge on any atom is 2.00 e. The summed E-state index contributed by atoms with van der Waals surface area (Å²) in [4.78, 5) is 0. The molecular formula is C14H14MgO6S2. The SMILES string of the molecule is O=S(=O)([O-])Cc1ccccc1.O=S(=O)([O-])Cc1ccccc1.[Mg+2]. The van der Waals surface area contributed by atoms with Crippen LogP contribution in [0.3, 0.4) is 0 Å². The molecule has 0 saturated heterocycles. The Kier molecular flexibility index (Phi) is 9.58. The van der Waals surface area contributed by atoms with Crippen molar-refractivity contribution in [1.29, 1.82) is 0 Å². The van der Waals surface area contributed by atoms with Gasteiger partial charge in [-0.05, 0) is 11.1 Å². The zero-order valence-corrected chi connectivity index (χ0v) is 15.2. The standard InChI is InChI=1S/2C7H8O3S.Mg/c2*8-11(9,10)6-7-4-2-1-3-5-7;/h2*1-5H,6H2,(H,8,9,10);/q;;+2/p-2. The van der Waals surface area contributed by atoms with E-state index in [2.05, 4.69) is 0 Å². The van der Waals surface area contributed by atoms with E-state index in [0.29, 0.717) is 11.1 Å². The van der Waals surface area contributed by atoms with Crippen LogP contribution in [0.2, 0.25) is 0 Å². The second-order valence-electron chi connectivity index (χ2n) is 4.38. The summed E-state index contributed by atoms with van der Waals surface area (Å²) in [5.41, 5.74) is 1.06. The Labute approximate surface area is 152 Å². The van der Waals surface area contributed by atoms with E-state index in [-0.39, 0.29) is 23.1 Å². The van der Waals surface area contributed by atoms with Gasteiger partial charge in [-0.3, -0.25) is 0 Å². The molecule has 6 nitrogen and oxygen atoms in total. The van der Waals surface area contributed by atoms with Crippen LogP contribution in [0, 0.1) is 0 Å². The first kappa shape index (κ1) is 22.0. The first-order valence-electron chi connectivity index (χ1n) is 6.11. The van der Waals surface area contributed by atoms with Crippen molar-refractivity contribution in [3.05, 3.63) is 71.8 Å². The molecule has 0 aliphatic rings. The summed E-state index contributed by atoms with van der Waals surface area (Å²) >= 11 is 0. The molecule has 0 fully saturated rings. The summed E-state index contributed by atoms with van der Waals surface area (Å²) in [6, 6.07) is 16.7. The third-order valence-electron chi connectivity index (χ3n) is 2.37. The van der Waals surface area contributed by atoms with Crippen LogP contribution in [-0.2, 0) is 31.7 Å². The van der Waals surface area contributed by atoms with Crippen molar-refractivity contribution in [1.82, 2.24) is 0 Å². The van der Waals surface area contributed by atoms with E-state index < -0.39 is 31.7 Å². The monoisotopic (exact) mass is 366 g/mol. The van der Waals surface area contributed by atoms with Crippen LogP contribution in [-0.4, -0.2) is 49.0 Å². The normalized spacial score (nSPS) is 10.9. The molecule has 120 valence electrons. The molecule has 2 rings (SSSR count). The maximum atomic E-state index is 10.2. The van der Waals surface area contributed by atoms with Gasteiger partial charge >= 0.3 is 23.1 Å². The second kappa shape index (κ2) is 10.0. The molecule has 0 aliphatic heterocycles. The second-order valence-corrected chi connectivity index (χ2v) is 7.18. The van der Waals surface area contributed by atoms with Gasteiger partial charge in [0.05, 0.1) is 31.7 Å². The van der Waals surface area contributed by atoms with Gasteiger partial charge in [-0.2, -0.15) is 0 Å². The molecule has 0 bridgehead atoms. The fourth-order valence-corrected chi connectivity index (χ4v) is 2.76. The van der Waals surface area contributed by atoms with Gasteiger partial charge in [-0.15, -0.1) is 0 Å². The van der Waals surface area contributed by atoms with Crippen LogP contribution >= 0.6 is 0 Å². The van der Waals surface area contributed by atoms with E-state index >= 15 is 0 Å². The van der Waals surface area contributed by atoms with Crippen molar-refractivity contribution in [2.45, 2.75) is 11.5 Å². The van der Waals surface area contributed by atoms with Crippen LogP contribution in [0.25, 0.3) is 0 Å². The van der Waals surface area contributed by atoms with E-state index in [1.54, 1.807) is 60.7 Å². The first-order valence-corrected chi connectivity index (χ1v) is 9.26. The van der Waals surface area contributed by atoms with Gasteiger partial charge in [-0.25, -0.2) is 16.8 Å². The van der Waals surface area contributed by atoms with Crippen molar-refractivity contribution >= 4 is 43.3 Å². The molecule has 23 heavy (non-hydrogen) atoms. The maximum absolute atomic E-state index is 10.2. The minimum Gasteiger partial charge on any atom is -0.748 e. The van der Waals surface area contributed by atoms with Crippen LogP contribution in [0.4, 0.5) is 0 Å². The van der Waals surface area contributed by atoms with E-state index in [1.807, 2.05) is 0 Å². The predicted octanol–water partition coefficient (Wildman–Crippen LogP) is 1.08. The zero-order chi connectivity index (χ0) is 16.6. The van der Waals surface area contributed by atoms with Crippen LogP contribution in [0.5, 0.6) is 0 Å². The summed E-state index contributed by atoms with van der Waals surface area (Å²) in [5.74, 6) is -0.846. The van der Waals surface area contributed by atoms with E-state index in [4.69, 9.17) is 0 Å². The molecule has 0 radical (unpaired) electrons. The van der Waals surface area contributed by atoms with Gasteiger partial charge in [-0.1, -0.05) is 60.7 Å². The molecule has 0 amide bonds. The average Bonchev–Trinajstić information content (AvgIpc) is 2.38. The molecule has 0 spiro atoms. The van der Waals surface area contributed by atoms with Gasteiger partial charge in [0.15, 0.2) is 0 Å². The molecular weight excluding hydrogens is 353 g/mol. The Bertz CT molecular complexity index is 705.